The molecule has 2 aromatic heterocycles. The molecule has 478 valence electrons. The van der Waals surface area contributed by atoms with Crippen molar-refractivity contribution in [1.82, 2.24) is 19.5 Å². The summed E-state index contributed by atoms with van der Waals surface area (Å²) in [6.45, 7) is 0. The zero-order chi connectivity index (χ0) is 67.9. The van der Waals surface area contributed by atoms with E-state index in [1.54, 1.807) is 0 Å². The van der Waals surface area contributed by atoms with E-state index in [-0.39, 0.29) is 0 Å². The smallest absolute Gasteiger partial charge is 0.164 e. The Hall–Kier alpha value is -13.7. The van der Waals surface area contributed by atoms with Gasteiger partial charge in [0.25, 0.3) is 0 Å². The zero-order valence-corrected chi connectivity index (χ0v) is 56.1. The molecule has 4 heteroatoms. The summed E-state index contributed by atoms with van der Waals surface area (Å²) < 4.78 is 2.46. The normalized spacial score (nSPS) is 11.7. The van der Waals surface area contributed by atoms with Gasteiger partial charge in [-0.05, 0) is 173 Å². The molecule has 0 radical (unpaired) electrons. The molecular formula is C99H62N4. The number of hydrogen-bond acceptors (Lipinski definition) is 3. The second kappa shape index (κ2) is 24.6. The first kappa shape index (κ1) is 59.4. The van der Waals surface area contributed by atoms with E-state index in [1.165, 1.54) is 65.3 Å². The summed E-state index contributed by atoms with van der Waals surface area (Å²) in [6, 6.07) is 138. The lowest BCUT2D eigenvalue weighted by atomic mass is 9.73. The topological polar surface area (TPSA) is 43.6 Å². The summed E-state index contributed by atoms with van der Waals surface area (Å²) in [5.41, 5.74) is 24.3. The molecule has 0 aliphatic heterocycles. The lowest BCUT2D eigenvalue weighted by Crippen LogP contribution is -2.02. The monoisotopic (exact) mass is 1310 g/mol. The number of benzene rings is 18. The summed E-state index contributed by atoms with van der Waals surface area (Å²) in [6.07, 6.45) is 0. The molecule has 20 aromatic rings. The van der Waals surface area contributed by atoms with Crippen LogP contribution in [0.2, 0.25) is 0 Å². The average molecular weight is 1310 g/mol. The minimum absolute atomic E-state index is 0.585. The fourth-order valence-electron chi connectivity index (χ4n) is 16.7. The van der Waals surface area contributed by atoms with Gasteiger partial charge in [-0.2, -0.15) is 0 Å². The molecule has 0 saturated carbocycles. The minimum atomic E-state index is 0.585. The van der Waals surface area contributed by atoms with Crippen molar-refractivity contribution in [2.24, 2.45) is 0 Å². The van der Waals surface area contributed by atoms with Crippen LogP contribution in [-0.2, 0) is 0 Å². The summed E-state index contributed by atoms with van der Waals surface area (Å²) in [4.78, 5) is 16.0. The van der Waals surface area contributed by atoms with Crippen LogP contribution >= 0.6 is 0 Å². The number of nitrogens with zero attached hydrogens (tertiary/aromatic N) is 4. The Labute approximate surface area is 596 Å². The second-order valence-corrected chi connectivity index (χ2v) is 26.7. The quantitative estimate of drug-likeness (QED) is 0.0904. The van der Waals surface area contributed by atoms with E-state index in [4.69, 9.17) is 15.0 Å². The van der Waals surface area contributed by atoms with Crippen molar-refractivity contribution in [3.8, 4) is 129 Å². The maximum Gasteiger partial charge on any atom is 0.164 e. The molecule has 0 bridgehead atoms. The number of aromatic nitrogens is 4. The van der Waals surface area contributed by atoms with Gasteiger partial charge in [0.15, 0.2) is 17.5 Å². The van der Waals surface area contributed by atoms with E-state index >= 15 is 0 Å². The van der Waals surface area contributed by atoms with Crippen molar-refractivity contribution in [3.63, 3.8) is 0 Å². The number of rotatable bonds is 12. The van der Waals surface area contributed by atoms with E-state index in [0.717, 1.165) is 122 Å². The third-order valence-corrected chi connectivity index (χ3v) is 20.9. The van der Waals surface area contributed by atoms with Gasteiger partial charge in [0.05, 0.1) is 11.0 Å². The standard InChI is InChI=1S/C99H62N4/c1-9-33-63(34-10-1)83-84(64-35-11-2-12-36-64)88(68-43-19-6-20-44-68)94-78-56-32-58-80-92(78)91-77(93(94)87(83)67-41-17-5-18-42-67)55-31-57-79(91)95-89(71-49-29-51-73(61-71)99-101-97(69-45-21-7-22-46-69)100-98(102-99)70-47-23-8-24-48-70)85(65-37-13-3-14-38-65)86(66-39-15-4-16-40-66)90(96(80)95)72-50-30-52-74(62-72)103-81-59-27-25-53-75(81)76-54-26-28-60-82(76)103/h1-62H. The van der Waals surface area contributed by atoms with Crippen molar-refractivity contribution in [1.29, 1.82) is 0 Å². The lowest BCUT2D eigenvalue weighted by molar-refractivity contribution is 1.07. The SMILES string of the molecule is c1ccc(-c2nc(-c3ccccc3)nc(-c3cccc(-c4c(-c5ccccc5)c(-c5ccccc5)c(-c5cccc(-n6c7ccccc7c7ccccc76)c5)c5c6cccc7c8c(-c9ccccc9)c(-c9ccccc9)c(-c9ccccc9)c(-c9ccccc9)c8c8cccc(c45)c8c76)c3)n2)cc1. The lowest BCUT2D eigenvalue weighted by Gasteiger charge is -2.29. The Morgan fingerprint density at radius 3 is 0.738 bits per heavy atom. The molecule has 4 nitrogen and oxygen atoms in total. The molecule has 0 saturated heterocycles. The van der Waals surface area contributed by atoms with Crippen molar-refractivity contribution < 1.29 is 0 Å². The van der Waals surface area contributed by atoms with Gasteiger partial charge in [0.2, 0.25) is 0 Å². The second-order valence-electron chi connectivity index (χ2n) is 26.7. The third kappa shape index (κ3) is 9.71. The van der Waals surface area contributed by atoms with E-state index in [0.29, 0.717) is 17.5 Å². The van der Waals surface area contributed by atoms with Crippen LogP contribution in [0, 0.1) is 0 Å². The van der Waals surface area contributed by atoms with Gasteiger partial charge in [-0.25, -0.2) is 15.0 Å². The van der Waals surface area contributed by atoms with Gasteiger partial charge < -0.3 is 4.57 Å². The van der Waals surface area contributed by atoms with Gasteiger partial charge >= 0.3 is 0 Å². The predicted octanol–water partition coefficient (Wildman–Crippen LogP) is 26.5. The van der Waals surface area contributed by atoms with Crippen molar-refractivity contribution >= 4 is 75.7 Å². The molecule has 0 spiro atoms. The highest BCUT2D eigenvalue weighted by Gasteiger charge is 2.33. The Kier molecular flexibility index (Phi) is 14.2. The summed E-state index contributed by atoms with van der Waals surface area (Å²) in [5, 5.41) is 14.3. The summed E-state index contributed by atoms with van der Waals surface area (Å²) in [5.74, 6) is 1.80. The molecule has 103 heavy (non-hydrogen) atoms. The van der Waals surface area contributed by atoms with Crippen LogP contribution in [0.1, 0.15) is 0 Å². The highest BCUT2D eigenvalue weighted by Crippen LogP contribution is 2.60. The highest BCUT2D eigenvalue weighted by molar-refractivity contribution is 6.46. The van der Waals surface area contributed by atoms with E-state index in [9.17, 15) is 0 Å². The molecule has 20 rings (SSSR count). The maximum absolute atomic E-state index is 5.40. The fourth-order valence-corrected chi connectivity index (χ4v) is 16.7. The minimum Gasteiger partial charge on any atom is -0.309 e. The van der Waals surface area contributed by atoms with Gasteiger partial charge in [-0.3, -0.25) is 0 Å². The Morgan fingerprint density at radius 2 is 0.388 bits per heavy atom. The maximum atomic E-state index is 5.40. The van der Waals surface area contributed by atoms with Crippen molar-refractivity contribution in [2.45, 2.75) is 0 Å². The molecule has 0 fully saturated rings. The largest absolute Gasteiger partial charge is 0.309 e. The van der Waals surface area contributed by atoms with Gasteiger partial charge in [-0.1, -0.05) is 346 Å². The number of hydrogen-bond donors (Lipinski definition) is 0. The van der Waals surface area contributed by atoms with E-state index in [2.05, 4.69) is 344 Å². The van der Waals surface area contributed by atoms with Gasteiger partial charge in [-0.15, -0.1) is 0 Å². The van der Waals surface area contributed by atoms with Crippen LogP contribution in [0.3, 0.4) is 0 Å². The van der Waals surface area contributed by atoms with Gasteiger partial charge in [0, 0.05) is 33.2 Å². The van der Waals surface area contributed by atoms with Crippen LogP contribution < -0.4 is 0 Å². The van der Waals surface area contributed by atoms with Crippen LogP contribution in [0.15, 0.2) is 376 Å². The molecule has 0 unspecified atom stereocenters. The molecule has 2 heterocycles. The Balaban J connectivity index is 1.02. The molecule has 0 aliphatic rings. The zero-order valence-electron chi connectivity index (χ0n) is 56.1. The van der Waals surface area contributed by atoms with Crippen LogP contribution in [0.4, 0.5) is 0 Å². The molecular weight excluding hydrogens is 1250 g/mol. The summed E-state index contributed by atoms with van der Waals surface area (Å²) in [7, 11) is 0. The first-order valence-corrected chi connectivity index (χ1v) is 35.3. The van der Waals surface area contributed by atoms with Crippen molar-refractivity contribution in [2.75, 3.05) is 0 Å². The van der Waals surface area contributed by atoms with Crippen LogP contribution in [-0.4, -0.2) is 19.5 Å². The molecule has 0 amide bonds. The summed E-state index contributed by atoms with van der Waals surface area (Å²) >= 11 is 0. The number of fused-ring (bicyclic) bond motifs is 9. The van der Waals surface area contributed by atoms with E-state index < -0.39 is 0 Å². The van der Waals surface area contributed by atoms with Crippen LogP contribution in [0.25, 0.3) is 205 Å². The Morgan fingerprint density at radius 1 is 0.155 bits per heavy atom. The van der Waals surface area contributed by atoms with Crippen LogP contribution in [0.5, 0.6) is 0 Å². The average Bonchev–Trinajstić information content (AvgIpc) is 0.730. The molecule has 18 aromatic carbocycles. The predicted molar refractivity (Wildman–Crippen MR) is 433 cm³/mol. The first-order valence-electron chi connectivity index (χ1n) is 35.3. The third-order valence-electron chi connectivity index (χ3n) is 20.9. The highest BCUT2D eigenvalue weighted by atomic mass is 15.0. The van der Waals surface area contributed by atoms with E-state index in [1.807, 2.05) is 36.4 Å². The number of para-hydroxylation sites is 2. The molecule has 0 atom stereocenters. The Bertz CT molecular complexity index is 6550. The first-order chi connectivity index (χ1) is 51.2. The molecule has 0 N–H and O–H groups in total. The van der Waals surface area contributed by atoms with Gasteiger partial charge in [0.1, 0.15) is 0 Å². The van der Waals surface area contributed by atoms with Crippen molar-refractivity contribution in [3.05, 3.63) is 376 Å². The molecule has 0 aliphatic carbocycles. The fraction of sp³-hybridized carbons (Fsp3) is 0.